The molecule has 3 N–H and O–H groups in total. The van der Waals surface area contributed by atoms with Gasteiger partial charge in [0, 0.05) is 31.1 Å². The summed E-state index contributed by atoms with van der Waals surface area (Å²) in [4.78, 5) is 21.8. The van der Waals surface area contributed by atoms with E-state index in [1.54, 1.807) is 18.0 Å². The van der Waals surface area contributed by atoms with Gasteiger partial charge in [0.2, 0.25) is 0 Å². The summed E-state index contributed by atoms with van der Waals surface area (Å²) in [5.41, 5.74) is -0.698. The maximum Gasteiger partial charge on any atom is 0.270 e. The van der Waals surface area contributed by atoms with Crippen molar-refractivity contribution in [3.8, 4) is 0 Å². The summed E-state index contributed by atoms with van der Waals surface area (Å²) in [7, 11) is 0. The predicted octanol–water partition coefficient (Wildman–Crippen LogP) is 1.07. The Labute approximate surface area is 145 Å². The Balaban J connectivity index is 1.49. The third kappa shape index (κ3) is 2.72. The number of aliphatic hydroxyl groups excluding tert-OH is 1. The molecule has 7 nitrogen and oxygen atoms in total. The van der Waals surface area contributed by atoms with Gasteiger partial charge in [-0.15, -0.1) is 0 Å². The first-order valence-corrected chi connectivity index (χ1v) is 8.69. The van der Waals surface area contributed by atoms with Crippen LogP contribution in [0.5, 0.6) is 0 Å². The first-order chi connectivity index (χ1) is 11.9. The van der Waals surface area contributed by atoms with Gasteiger partial charge < -0.3 is 24.8 Å². The molecule has 0 aromatic carbocycles. The average molecular weight is 345 g/mol. The second-order valence-corrected chi connectivity index (χ2v) is 7.34. The molecule has 0 saturated carbocycles. The Morgan fingerprint density at radius 2 is 2.16 bits per heavy atom. The molecule has 2 aromatic rings. The van der Waals surface area contributed by atoms with Crippen molar-refractivity contribution in [2.24, 2.45) is 0 Å². The van der Waals surface area contributed by atoms with Crippen LogP contribution in [0.1, 0.15) is 36.7 Å². The highest BCUT2D eigenvalue weighted by Crippen LogP contribution is 2.40. The lowest BCUT2D eigenvalue weighted by Gasteiger charge is -2.51. The maximum absolute atomic E-state index is 12.8. The molecule has 1 amide bonds. The van der Waals surface area contributed by atoms with Crippen LogP contribution in [0.4, 0.5) is 0 Å². The number of nitrogens with zero attached hydrogens (tertiary/aromatic N) is 2. The largest absolute Gasteiger partial charge is 0.387 e. The number of fused-ring (bicyclic) bond motifs is 1. The van der Waals surface area contributed by atoms with Crippen LogP contribution in [0.15, 0.2) is 24.4 Å². The number of nitrogens with one attached hydrogen (secondary N) is 1. The number of rotatable bonds is 1. The molecule has 134 valence electrons. The van der Waals surface area contributed by atoms with Gasteiger partial charge in [-0.2, -0.15) is 0 Å². The Bertz CT molecular complexity index is 759. The third-order valence-electron chi connectivity index (χ3n) is 5.60. The Morgan fingerprint density at radius 3 is 2.88 bits per heavy atom. The number of carbonyl (C=O) groups is 1. The van der Waals surface area contributed by atoms with Crippen LogP contribution in [0.25, 0.3) is 11.0 Å². The number of H-pyrrole nitrogens is 1. The van der Waals surface area contributed by atoms with E-state index >= 15 is 0 Å². The second-order valence-electron chi connectivity index (χ2n) is 7.34. The van der Waals surface area contributed by atoms with Crippen LogP contribution in [-0.2, 0) is 4.74 Å². The van der Waals surface area contributed by atoms with Crippen molar-refractivity contribution >= 4 is 16.9 Å². The summed E-state index contributed by atoms with van der Waals surface area (Å²) in [6.45, 7) is 3.03. The zero-order valence-electron chi connectivity index (χ0n) is 14.2. The molecular weight excluding hydrogens is 322 g/mol. The van der Waals surface area contributed by atoms with Crippen LogP contribution in [-0.4, -0.2) is 68.0 Å². The van der Waals surface area contributed by atoms with E-state index in [1.165, 1.54) is 0 Å². The minimum absolute atomic E-state index is 0.0788. The number of aromatic amines is 1. The van der Waals surface area contributed by atoms with Gasteiger partial charge >= 0.3 is 0 Å². The van der Waals surface area contributed by atoms with E-state index in [2.05, 4.69) is 9.97 Å². The monoisotopic (exact) mass is 345 g/mol. The van der Waals surface area contributed by atoms with E-state index in [0.717, 1.165) is 5.39 Å². The molecule has 0 radical (unpaired) electrons. The molecule has 2 aromatic heterocycles. The Hall–Kier alpha value is -1.96. The summed E-state index contributed by atoms with van der Waals surface area (Å²) in [6, 6.07) is 5.56. The number of amides is 1. The van der Waals surface area contributed by atoms with Crippen LogP contribution in [0.2, 0.25) is 0 Å². The number of piperidine rings is 1. The fourth-order valence-electron chi connectivity index (χ4n) is 3.99. The molecular formula is C18H23N3O4. The van der Waals surface area contributed by atoms with Crippen molar-refractivity contribution in [2.45, 2.75) is 43.5 Å². The first kappa shape index (κ1) is 16.5. The van der Waals surface area contributed by atoms with E-state index in [-0.39, 0.29) is 5.91 Å². The topological polar surface area (TPSA) is 98.7 Å². The molecule has 25 heavy (non-hydrogen) atoms. The quantitative estimate of drug-likeness (QED) is 0.718. The van der Waals surface area contributed by atoms with Crippen molar-refractivity contribution in [2.75, 3.05) is 19.7 Å². The first-order valence-electron chi connectivity index (χ1n) is 8.69. The number of aromatic nitrogens is 2. The number of aliphatic hydroxyl groups is 2. The molecule has 0 bridgehead atoms. The zero-order valence-corrected chi connectivity index (χ0v) is 14.2. The minimum Gasteiger partial charge on any atom is -0.387 e. The molecule has 2 saturated heterocycles. The van der Waals surface area contributed by atoms with Crippen LogP contribution in [0.3, 0.4) is 0 Å². The molecule has 2 aliphatic heterocycles. The summed E-state index contributed by atoms with van der Waals surface area (Å²) < 4.78 is 5.87. The summed E-state index contributed by atoms with van der Waals surface area (Å²) in [5, 5.41) is 21.8. The predicted molar refractivity (Wildman–Crippen MR) is 91.2 cm³/mol. The highest BCUT2D eigenvalue weighted by molar-refractivity contribution is 5.97. The standard InChI is InChI=1S/C18H23N3O4/c1-17(24)6-10-25-18(16(17)23)4-8-21(9-5-18)15(22)13-11-12-3-2-7-19-14(12)20-13/h2-3,7,11,16,23-24H,4-6,8-10H2,1H3,(H,19,20)/t16-,17+/m0/s1. The second kappa shape index (κ2) is 5.79. The molecule has 0 unspecified atom stereocenters. The molecule has 7 heteroatoms. The smallest absolute Gasteiger partial charge is 0.270 e. The van der Waals surface area contributed by atoms with Gasteiger partial charge in [-0.25, -0.2) is 4.98 Å². The molecule has 1 spiro atoms. The third-order valence-corrected chi connectivity index (χ3v) is 5.60. The van der Waals surface area contributed by atoms with E-state index in [4.69, 9.17) is 4.74 Å². The normalized spacial score (nSPS) is 29.2. The summed E-state index contributed by atoms with van der Waals surface area (Å²) >= 11 is 0. The van der Waals surface area contributed by atoms with Gasteiger partial charge in [0.1, 0.15) is 23.0 Å². The van der Waals surface area contributed by atoms with E-state index in [9.17, 15) is 15.0 Å². The van der Waals surface area contributed by atoms with Gasteiger partial charge in [0.25, 0.3) is 5.91 Å². The Kier molecular flexibility index (Phi) is 3.82. The molecule has 2 aliphatic rings. The van der Waals surface area contributed by atoms with Gasteiger partial charge in [-0.1, -0.05) is 0 Å². The van der Waals surface area contributed by atoms with Crippen LogP contribution in [0, 0.1) is 0 Å². The number of likely N-dealkylation sites (tertiary alicyclic amines) is 1. The number of pyridine rings is 1. The lowest BCUT2D eigenvalue weighted by atomic mass is 9.75. The van der Waals surface area contributed by atoms with Gasteiger partial charge in [0.05, 0.1) is 12.2 Å². The lowest BCUT2D eigenvalue weighted by Crippen LogP contribution is -2.64. The number of carbonyl (C=O) groups excluding carboxylic acids is 1. The Morgan fingerprint density at radius 1 is 1.40 bits per heavy atom. The lowest BCUT2D eigenvalue weighted by molar-refractivity contribution is -0.244. The van der Waals surface area contributed by atoms with Crippen molar-refractivity contribution in [3.05, 3.63) is 30.1 Å². The van der Waals surface area contributed by atoms with E-state index in [0.29, 0.717) is 50.3 Å². The van der Waals surface area contributed by atoms with Gasteiger partial charge in [-0.3, -0.25) is 4.79 Å². The molecule has 4 heterocycles. The summed E-state index contributed by atoms with van der Waals surface area (Å²) in [6.07, 6.45) is 2.18. The maximum atomic E-state index is 12.8. The van der Waals surface area contributed by atoms with Crippen molar-refractivity contribution < 1.29 is 19.7 Å². The molecule has 2 fully saturated rings. The van der Waals surface area contributed by atoms with Gasteiger partial charge in [-0.05, 0) is 38.0 Å². The molecule has 4 rings (SSSR count). The number of ether oxygens (including phenoxy) is 1. The van der Waals surface area contributed by atoms with E-state index < -0.39 is 17.3 Å². The van der Waals surface area contributed by atoms with Crippen molar-refractivity contribution in [3.63, 3.8) is 0 Å². The number of hydrogen-bond acceptors (Lipinski definition) is 5. The fraction of sp³-hybridized carbons (Fsp3) is 0.556. The SMILES string of the molecule is C[C@@]1(O)CCOC2(CCN(C(=O)c3cc4cccnc4[nH]3)CC2)[C@H]1O. The summed E-state index contributed by atoms with van der Waals surface area (Å²) in [5.74, 6) is -0.0788. The average Bonchev–Trinajstić information content (AvgIpc) is 3.04. The van der Waals surface area contributed by atoms with Crippen LogP contribution >= 0.6 is 0 Å². The van der Waals surface area contributed by atoms with Crippen molar-refractivity contribution in [1.29, 1.82) is 0 Å². The fourth-order valence-corrected chi connectivity index (χ4v) is 3.99. The minimum atomic E-state index is -1.15. The number of hydrogen-bond donors (Lipinski definition) is 3. The highest BCUT2D eigenvalue weighted by atomic mass is 16.5. The zero-order chi connectivity index (χ0) is 17.7. The van der Waals surface area contributed by atoms with Gasteiger partial charge in [0.15, 0.2) is 0 Å². The van der Waals surface area contributed by atoms with Crippen LogP contribution < -0.4 is 0 Å². The molecule has 2 atom stereocenters. The molecule has 0 aliphatic carbocycles. The highest BCUT2D eigenvalue weighted by Gasteiger charge is 2.52. The van der Waals surface area contributed by atoms with Crippen molar-refractivity contribution in [1.82, 2.24) is 14.9 Å². The van der Waals surface area contributed by atoms with E-state index in [1.807, 2.05) is 18.2 Å².